The third-order valence-corrected chi connectivity index (χ3v) is 8.20. The van der Waals surface area contributed by atoms with Crippen molar-refractivity contribution in [3.05, 3.63) is 59.2 Å². The number of hydrogen-bond donors (Lipinski definition) is 0. The molecule has 1 saturated carbocycles. The second kappa shape index (κ2) is 13.0. The van der Waals surface area contributed by atoms with E-state index in [0.717, 1.165) is 0 Å². The van der Waals surface area contributed by atoms with E-state index >= 15 is 0 Å². The van der Waals surface area contributed by atoms with Crippen LogP contribution in [-0.2, 0) is 38.1 Å². The number of ether oxygens (including phenoxy) is 4. The summed E-state index contributed by atoms with van der Waals surface area (Å²) in [6.45, 7) is 12.9. The van der Waals surface area contributed by atoms with Gasteiger partial charge in [0.05, 0.1) is 11.5 Å². The van der Waals surface area contributed by atoms with Crippen LogP contribution in [0.15, 0.2) is 53.6 Å². The van der Waals surface area contributed by atoms with Crippen LogP contribution in [0, 0.1) is 17.3 Å². The van der Waals surface area contributed by atoms with Crippen LogP contribution in [0.4, 0.5) is 0 Å². The highest BCUT2D eigenvalue weighted by molar-refractivity contribution is 6.03. The molecule has 3 rings (SSSR count). The molecule has 9 heteroatoms. The Morgan fingerprint density at radius 1 is 0.881 bits per heavy atom. The van der Waals surface area contributed by atoms with Gasteiger partial charge in [0, 0.05) is 39.0 Å². The molecular formula is C33H42O9. The fourth-order valence-electron chi connectivity index (χ4n) is 6.00. The zero-order chi connectivity index (χ0) is 31.4. The van der Waals surface area contributed by atoms with Crippen molar-refractivity contribution in [2.75, 3.05) is 0 Å². The lowest BCUT2D eigenvalue weighted by molar-refractivity contribution is -0.169. The van der Waals surface area contributed by atoms with Gasteiger partial charge >= 0.3 is 23.9 Å². The number of fused-ring (bicyclic) bond motifs is 1. The normalized spacial score (nSPS) is 31.9. The molecule has 2 aliphatic carbocycles. The van der Waals surface area contributed by atoms with E-state index in [-0.39, 0.29) is 18.8 Å². The Morgan fingerprint density at radius 3 is 2.07 bits per heavy atom. The lowest BCUT2D eigenvalue weighted by Gasteiger charge is -2.38. The summed E-state index contributed by atoms with van der Waals surface area (Å²) in [4.78, 5) is 64.3. The summed E-state index contributed by atoms with van der Waals surface area (Å²) in [6.07, 6.45) is 1.73. The third kappa shape index (κ3) is 7.36. The molecule has 228 valence electrons. The highest BCUT2D eigenvalue weighted by atomic mass is 16.6. The maximum atomic E-state index is 14.2. The quantitative estimate of drug-likeness (QED) is 0.258. The molecule has 9 nitrogen and oxygen atoms in total. The van der Waals surface area contributed by atoms with Gasteiger partial charge in [0.2, 0.25) is 5.78 Å². The lowest BCUT2D eigenvalue weighted by atomic mass is 9.76. The van der Waals surface area contributed by atoms with Crippen LogP contribution in [0.3, 0.4) is 0 Å². The predicted octanol–water partition coefficient (Wildman–Crippen LogP) is 5.32. The van der Waals surface area contributed by atoms with Gasteiger partial charge in [0.25, 0.3) is 0 Å². The van der Waals surface area contributed by atoms with E-state index < -0.39 is 64.9 Å². The molecule has 0 radical (unpaired) electrons. The Kier molecular flexibility index (Phi) is 10.2. The number of ketones is 1. The zero-order valence-electron chi connectivity index (χ0n) is 25.7. The number of rotatable bonds is 5. The number of allylic oxidation sites excluding steroid dienone is 1. The summed E-state index contributed by atoms with van der Waals surface area (Å²) in [6, 6.07) is 8.51. The lowest BCUT2D eigenvalue weighted by Crippen LogP contribution is -2.49. The third-order valence-electron chi connectivity index (χ3n) is 8.20. The van der Waals surface area contributed by atoms with E-state index in [2.05, 4.69) is 0 Å². The molecule has 0 aliphatic heterocycles. The minimum Gasteiger partial charge on any atom is -0.462 e. The number of carbonyl (C=O) groups is 5. The summed E-state index contributed by atoms with van der Waals surface area (Å²) < 4.78 is 23.4. The average Bonchev–Trinajstić information content (AvgIpc) is 3.15. The second-order valence-corrected chi connectivity index (χ2v) is 12.2. The van der Waals surface area contributed by atoms with Crippen molar-refractivity contribution in [1.82, 2.24) is 0 Å². The number of Topliss-reactive ketones (excluding diaryl/α,β-unsaturated/α-hetero) is 1. The van der Waals surface area contributed by atoms with Gasteiger partial charge in [-0.05, 0) is 49.5 Å². The number of esters is 4. The summed E-state index contributed by atoms with van der Waals surface area (Å²) in [5.41, 5.74) is -1.04. The Bertz CT molecular complexity index is 1280. The van der Waals surface area contributed by atoms with Gasteiger partial charge in [-0.3, -0.25) is 19.2 Å². The molecule has 1 fully saturated rings. The largest absolute Gasteiger partial charge is 0.462 e. The monoisotopic (exact) mass is 582 g/mol. The van der Waals surface area contributed by atoms with Crippen LogP contribution in [0.25, 0.3) is 0 Å². The molecule has 6 atom stereocenters. The van der Waals surface area contributed by atoms with Crippen molar-refractivity contribution in [3.63, 3.8) is 0 Å². The average molecular weight is 583 g/mol. The van der Waals surface area contributed by atoms with Crippen molar-refractivity contribution in [2.45, 2.75) is 98.6 Å². The van der Waals surface area contributed by atoms with Crippen LogP contribution in [-0.4, -0.2) is 53.6 Å². The van der Waals surface area contributed by atoms with Gasteiger partial charge in [-0.25, -0.2) is 4.79 Å². The number of carbonyl (C=O) groups excluding carboxylic acids is 5. The maximum Gasteiger partial charge on any atom is 0.338 e. The highest BCUT2D eigenvalue weighted by Gasteiger charge is 2.60. The van der Waals surface area contributed by atoms with Gasteiger partial charge in [-0.15, -0.1) is 0 Å². The fraction of sp³-hybridized carbons (Fsp3) is 0.545. The molecule has 42 heavy (non-hydrogen) atoms. The Balaban J connectivity index is 2.25. The first kappa shape index (κ1) is 32.8. The van der Waals surface area contributed by atoms with E-state index in [1.807, 2.05) is 20.8 Å². The first-order valence-corrected chi connectivity index (χ1v) is 14.3. The summed E-state index contributed by atoms with van der Waals surface area (Å²) in [5, 5.41) is 0. The van der Waals surface area contributed by atoms with Gasteiger partial charge in [-0.1, -0.05) is 51.1 Å². The first-order chi connectivity index (χ1) is 19.6. The van der Waals surface area contributed by atoms with Crippen LogP contribution >= 0.6 is 0 Å². The minimum atomic E-state index is -1.64. The van der Waals surface area contributed by atoms with Gasteiger partial charge in [-0.2, -0.15) is 0 Å². The number of hydrogen-bond acceptors (Lipinski definition) is 9. The van der Waals surface area contributed by atoms with Gasteiger partial charge in [0.15, 0.2) is 5.60 Å². The van der Waals surface area contributed by atoms with E-state index in [9.17, 15) is 24.0 Å². The molecule has 0 bridgehead atoms. The van der Waals surface area contributed by atoms with Gasteiger partial charge in [0.1, 0.15) is 18.3 Å². The maximum absolute atomic E-state index is 14.2. The van der Waals surface area contributed by atoms with Crippen molar-refractivity contribution in [1.29, 1.82) is 0 Å². The molecule has 0 amide bonds. The van der Waals surface area contributed by atoms with E-state index in [1.54, 1.807) is 56.3 Å². The number of benzene rings is 1. The standard InChI is InChI=1S/C33H42O9/c1-19-14-15-32(7,8)28(39-22(4)34)17-27(41-31(38)25-12-10-9-11-13-25)20(2)16-26-29(40-23(5)35)21(3)18-33(26,30(19)37)42-24(6)36/h9-14,16,21,26-29H,15,17-18H2,1-8H3/b19-14+,20-16+/t21-,26+,27-,28-,29-,33-/m1/s1. The topological polar surface area (TPSA) is 122 Å². The minimum absolute atomic E-state index is 0.134. The Hall–Kier alpha value is -3.75. The van der Waals surface area contributed by atoms with Crippen LogP contribution < -0.4 is 0 Å². The van der Waals surface area contributed by atoms with Crippen molar-refractivity contribution in [2.24, 2.45) is 17.3 Å². The molecule has 0 unspecified atom stereocenters. The predicted molar refractivity (Wildman–Crippen MR) is 154 cm³/mol. The molecular weight excluding hydrogens is 540 g/mol. The molecule has 1 aromatic rings. The fourth-order valence-corrected chi connectivity index (χ4v) is 6.00. The van der Waals surface area contributed by atoms with Crippen molar-refractivity contribution >= 4 is 29.7 Å². The summed E-state index contributed by atoms with van der Waals surface area (Å²) in [7, 11) is 0. The van der Waals surface area contributed by atoms with Crippen LogP contribution in [0.1, 0.15) is 85.0 Å². The molecule has 1 aromatic carbocycles. The molecule has 0 saturated heterocycles. The van der Waals surface area contributed by atoms with Gasteiger partial charge < -0.3 is 18.9 Å². The van der Waals surface area contributed by atoms with Crippen LogP contribution in [0.2, 0.25) is 0 Å². The van der Waals surface area contributed by atoms with E-state index in [1.165, 1.54) is 20.8 Å². The highest BCUT2D eigenvalue weighted by Crippen LogP contribution is 2.48. The summed E-state index contributed by atoms with van der Waals surface area (Å²) >= 11 is 0. The molecule has 0 aromatic heterocycles. The van der Waals surface area contributed by atoms with Crippen LogP contribution in [0.5, 0.6) is 0 Å². The second-order valence-electron chi connectivity index (χ2n) is 12.2. The smallest absolute Gasteiger partial charge is 0.338 e. The van der Waals surface area contributed by atoms with E-state index in [4.69, 9.17) is 18.9 Å². The molecule has 2 aliphatic rings. The Morgan fingerprint density at radius 2 is 1.50 bits per heavy atom. The van der Waals surface area contributed by atoms with Crippen molar-refractivity contribution in [3.8, 4) is 0 Å². The molecule has 0 spiro atoms. The zero-order valence-corrected chi connectivity index (χ0v) is 25.7. The van der Waals surface area contributed by atoms with E-state index in [0.29, 0.717) is 23.1 Å². The Labute approximate surface area is 247 Å². The first-order valence-electron chi connectivity index (χ1n) is 14.3. The SMILES string of the molecule is CC(=O)O[C@@H]1[C@H](C)C[C@]2(OC(C)=O)C(=O)/C(C)=C/CC(C)(C)[C@H](OC(C)=O)C[C@@H](OC(=O)c3ccccc3)/C(C)=C/[C@@H]12. The molecule has 0 N–H and O–H groups in total. The molecule has 0 heterocycles. The summed E-state index contributed by atoms with van der Waals surface area (Å²) in [5.74, 6) is -3.84. The van der Waals surface area contributed by atoms with Crippen molar-refractivity contribution < 1.29 is 42.9 Å².